The second-order valence-corrected chi connectivity index (χ2v) is 14.9. The molecule has 4 aliphatic rings. The fourth-order valence-corrected chi connectivity index (χ4v) is 10.00. The molecule has 0 radical (unpaired) electrons. The number of fused-ring (bicyclic) bond motifs is 5. The van der Waals surface area contributed by atoms with Crippen LogP contribution in [0.4, 0.5) is 10.1 Å². The fourth-order valence-electron chi connectivity index (χ4n) is 10.00. The van der Waals surface area contributed by atoms with Crippen molar-refractivity contribution in [3.05, 3.63) is 107 Å². The Morgan fingerprint density at radius 2 is 1.88 bits per heavy atom. The third kappa shape index (κ3) is 5.80. The molecule has 4 aliphatic carbocycles. The van der Waals surface area contributed by atoms with Gasteiger partial charge in [-0.05, 0) is 90.0 Å². The van der Waals surface area contributed by atoms with E-state index in [2.05, 4.69) is 6.92 Å². The lowest BCUT2D eigenvalue weighted by atomic mass is 9.46. The standard InChI is InChI=1S/C41H44FNO7/c1-40-16-15-27(45)18-25(40)11-12-29-30-19-34(37(32(47)21-44)41(30,2)20-31(46)36(29)40)50-39(48)35-28(24-8-4-3-5-9-24)13-14-33(38(35)42)49-22-23-7-6-10-26(43)17-23/h3-10,13-18,29-31,34,36-37,39,44,46,48H,11-12,19-22,43H2,1-2H3/t29-,30?,31-,34+,36?,37-,39+,40-,41-/m0/s1. The lowest BCUT2D eigenvalue weighted by Crippen LogP contribution is -2.56. The van der Waals surface area contributed by atoms with Gasteiger partial charge in [0, 0.05) is 17.0 Å². The van der Waals surface area contributed by atoms with E-state index in [0.29, 0.717) is 29.7 Å². The van der Waals surface area contributed by atoms with Crippen LogP contribution >= 0.6 is 0 Å². The third-order valence-corrected chi connectivity index (χ3v) is 12.1. The Morgan fingerprint density at radius 3 is 2.62 bits per heavy atom. The maximum absolute atomic E-state index is 16.6. The Balaban J connectivity index is 1.22. The molecule has 0 amide bonds. The summed E-state index contributed by atoms with van der Waals surface area (Å²) in [4.78, 5) is 25.9. The summed E-state index contributed by atoms with van der Waals surface area (Å²) in [6.07, 6.45) is 3.84. The minimum absolute atomic E-state index is 0.0103. The second-order valence-electron chi connectivity index (χ2n) is 14.9. The first-order valence-corrected chi connectivity index (χ1v) is 17.4. The number of carbonyl (C=O) groups excluding carboxylic acids is 2. The summed E-state index contributed by atoms with van der Waals surface area (Å²) in [5.74, 6) is -2.49. The molecule has 0 bridgehead atoms. The number of ether oxygens (including phenoxy) is 2. The van der Waals surface area contributed by atoms with Crippen LogP contribution in [0.1, 0.15) is 56.9 Å². The van der Waals surface area contributed by atoms with Gasteiger partial charge in [-0.15, -0.1) is 0 Å². The summed E-state index contributed by atoms with van der Waals surface area (Å²) in [5, 5.41) is 33.8. The molecule has 50 heavy (non-hydrogen) atoms. The van der Waals surface area contributed by atoms with Crippen molar-refractivity contribution in [2.75, 3.05) is 12.3 Å². The van der Waals surface area contributed by atoms with Gasteiger partial charge >= 0.3 is 0 Å². The van der Waals surface area contributed by atoms with Crippen LogP contribution in [0.25, 0.3) is 11.1 Å². The van der Waals surface area contributed by atoms with E-state index in [1.807, 2.05) is 49.4 Å². The van der Waals surface area contributed by atoms with Gasteiger partial charge in [0.2, 0.25) is 0 Å². The number of allylic oxidation sites excluding steroid dienone is 4. The summed E-state index contributed by atoms with van der Waals surface area (Å²) >= 11 is 0. The van der Waals surface area contributed by atoms with Gasteiger partial charge in [-0.1, -0.05) is 74.0 Å². The van der Waals surface area contributed by atoms with Gasteiger partial charge in [0.1, 0.15) is 13.2 Å². The molecule has 0 aromatic heterocycles. The molecule has 0 heterocycles. The summed E-state index contributed by atoms with van der Waals surface area (Å²) in [6.45, 7) is 3.37. The molecule has 7 rings (SSSR count). The summed E-state index contributed by atoms with van der Waals surface area (Å²) in [5.41, 5.74) is 7.92. The van der Waals surface area contributed by atoms with Crippen molar-refractivity contribution in [3.8, 4) is 16.9 Å². The van der Waals surface area contributed by atoms with Gasteiger partial charge < -0.3 is 30.5 Å². The first-order valence-electron chi connectivity index (χ1n) is 17.4. The molecule has 0 spiro atoms. The minimum atomic E-state index is -1.78. The van der Waals surface area contributed by atoms with Crippen LogP contribution in [0, 0.1) is 40.3 Å². The Bertz CT molecular complexity index is 1860. The van der Waals surface area contributed by atoms with Crippen LogP contribution in [-0.2, 0) is 20.9 Å². The molecule has 3 aromatic rings. The minimum Gasteiger partial charge on any atom is -0.486 e. The molecule has 3 saturated carbocycles. The number of Topliss-reactive ketones (excluding diaryl/α,β-unsaturated/α-hetero) is 1. The first-order chi connectivity index (χ1) is 23.9. The van der Waals surface area contributed by atoms with Crippen LogP contribution in [0.5, 0.6) is 5.75 Å². The molecular formula is C41H44FNO7. The lowest BCUT2D eigenvalue weighted by Gasteiger charge is -2.58. The molecule has 9 heteroatoms. The van der Waals surface area contributed by atoms with E-state index in [0.717, 1.165) is 17.6 Å². The SMILES string of the molecule is C[C@]12C=CC(=O)C=C1CC[C@@H]1C2[C@@H](O)C[C@@]2(C)C1C[C@@H](O[C@@H](O)c1c(-c3ccccc3)ccc(OCc3cccc(N)c3)c1F)[C@@H]2C(=O)CO. The number of rotatable bonds is 9. The molecule has 3 aromatic carbocycles. The molecular weight excluding hydrogens is 637 g/mol. The molecule has 262 valence electrons. The highest BCUT2D eigenvalue weighted by Crippen LogP contribution is 2.66. The van der Waals surface area contributed by atoms with Crippen LogP contribution in [0.3, 0.4) is 0 Å². The summed E-state index contributed by atoms with van der Waals surface area (Å²) < 4.78 is 28.8. The van der Waals surface area contributed by atoms with Crippen molar-refractivity contribution in [3.63, 3.8) is 0 Å². The molecule has 9 atom stereocenters. The van der Waals surface area contributed by atoms with Crippen molar-refractivity contribution in [2.45, 2.75) is 64.6 Å². The van der Waals surface area contributed by atoms with Crippen molar-refractivity contribution >= 4 is 17.3 Å². The number of ketones is 2. The normalized spacial score (nSPS) is 32.0. The average molecular weight is 682 g/mol. The smallest absolute Gasteiger partial charge is 0.185 e. The van der Waals surface area contributed by atoms with Crippen LogP contribution in [-0.4, -0.2) is 45.7 Å². The number of nitrogens with two attached hydrogens (primary N) is 1. The van der Waals surface area contributed by atoms with Gasteiger partial charge in [-0.25, -0.2) is 4.39 Å². The fraction of sp³-hybridized carbons (Fsp3) is 0.415. The van der Waals surface area contributed by atoms with E-state index < -0.39 is 53.5 Å². The summed E-state index contributed by atoms with van der Waals surface area (Å²) in [6, 6.07) is 19.4. The van der Waals surface area contributed by atoms with Gasteiger partial charge in [-0.2, -0.15) is 0 Å². The van der Waals surface area contributed by atoms with Crippen molar-refractivity contribution in [1.82, 2.24) is 0 Å². The topological polar surface area (TPSA) is 139 Å². The molecule has 3 fully saturated rings. The van der Waals surface area contributed by atoms with Crippen LogP contribution in [0.2, 0.25) is 0 Å². The number of aliphatic hydroxyl groups excluding tert-OH is 3. The Kier molecular flexibility index (Phi) is 9.05. The third-order valence-electron chi connectivity index (χ3n) is 12.1. The lowest BCUT2D eigenvalue weighted by molar-refractivity contribution is -0.168. The quantitative estimate of drug-likeness (QED) is 0.157. The van der Waals surface area contributed by atoms with Gasteiger partial charge in [0.05, 0.1) is 23.7 Å². The highest BCUT2D eigenvalue weighted by atomic mass is 19.1. The number of aliphatic hydroxyl groups is 3. The zero-order valence-electron chi connectivity index (χ0n) is 28.3. The molecule has 8 nitrogen and oxygen atoms in total. The zero-order chi connectivity index (χ0) is 35.4. The summed E-state index contributed by atoms with van der Waals surface area (Å²) in [7, 11) is 0. The van der Waals surface area contributed by atoms with Gasteiger partial charge in [0.25, 0.3) is 0 Å². The number of hydrogen-bond acceptors (Lipinski definition) is 8. The molecule has 0 saturated heterocycles. The number of nitrogen functional groups attached to an aromatic ring is 1. The average Bonchev–Trinajstić information content (AvgIpc) is 3.38. The maximum atomic E-state index is 16.6. The van der Waals surface area contributed by atoms with Crippen molar-refractivity contribution < 1.29 is 38.8 Å². The number of hydrogen-bond donors (Lipinski definition) is 4. The van der Waals surface area contributed by atoms with Crippen molar-refractivity contribution in [1.29, 1.82) is 0 Å². The van der Waals surface area contributed by atoms with E-state index in [4.69, 9.17) is 15.2 Å². The van der Waals surface area contributed by atoms with Crippen molar-refractivity contribution in [2.24, 2.45) is 34.5 Å². The van der Waals surface area contributed by atoms with E-state index in [1.54, 1.807) is 36.4 Å². The predicted octanol–water partition coefficient (Wildman–Crippen LogP) is 6.10. The number of anilines is 1. The highest BCUT2D eigenvalue weighted by Gasteiger charge is 2.65. The Labute approximate surface area is 291 Å². The monoisotopic (exact) mass is 681 g/mol. The van der Waals surface area contributed by atoms with E-state index >= 15 is 4.39 Å². The Morgan fingerprint density at radius 1 is 1.10 bits per heavy atom. The van der Waals surface area contributed by atoms with E-state index in [9.17, 15) is 24.9 Å². The van der Waals surface area contributed by atoms with Crippen LogP contribution < -0.4 is 10.5 Å². The highest BCUT2D eigenvalue weighted by molar-refractivity contribution is 6.01. The molecule has 5 N–H and O–H groups in total. The van der Waals surface area contributed by atoms with Gasteiger partial charge in [-0.3, -0.25) is 9.59 Å². The van der Waals surface area contributed by atoms with E-state index in [-0.39, 0.29) is 47.9 Å². The largest absolute Gasteiger partial charge is 0.486 e. The number of halogens is 1. The second kappa shape index (κ2) is 13.2. The Hall–Kier alpha value is -4.15. The maximum Gasteiger partial charge on any atom is 0.185 e. The number of benzene rings is 3. The first kappa shape index (κ1) is 34.3. The predicted molar refractivity (Wildman–Crippen MR) is 186 cm³/mol. The van der Waals surface area contributed by atoms with Crippen LogP contribution in [0.15, 0.2) is 90.5 Å². The molecule has 0 aliphatic heterocycles. The number of carbonyl (C=O) groups is 2. The zero-order valence-corrected chi connectivity index (χ0v) is 28.3. The van der Waals surface area contributed by atoms with E-state index in [1.165, 1.54) is 6.07 Å². The van der Waals surface area contributed by atoms with Gasteiger partial charge in [0.15, 0.2) is 29.4 Å². The molecule has 2 unspecified atom stereocenters.